The van der Waals surface area contributed by atoms with Gasteiger partial charge in [0.2, 0.25) is 0 Å². The lowest BCUT2D eigenvalue weighted by Crippen LogP contribution is -2.32. The third-order valence-corrected chi connectivity index (χ3v) is 6.94. The molecule has 5 rings (SSSR count). The van der Waals surface area contributed by atoms with E-state index >= 15 is 0 Å². The maximum atomic E-state index is 14.0. The summed E-state index contributed by atoms with van der Waals surface area (Å²) < 4.78 is 28.0. The predicted molar refractivity (Wildman–Crippen MR) is 112 cm³/mol. The zero-order valence-corrected chi connectivity index (χ0v) is 17.8. The Kier molecular flexibility index (Phi) is 5.09. The number of ketones is 1. The van der Waals surface area contributed by atoms with Crippen molar-refractivity contribution in [2.75, 3.05) is 18.0 Å². The van der Waals surface area contributed by atoms with Crippen LogP contribution in [0, 0.1) is 11.6 Å². The fourth-order valence-electron chi connectivity index (χ4n) is 4.16. The molecule has 2 aliphatic rings. The minimum absolute atomic E-state index is 0.213. The van der Waals surface area contributed by atoms with Crippen molar-refractivity contribution in [3.05, 3.63) is 56.5 Å². The summed E-state index contributed by atoms with van der Waals surface area (Å²) >= 11 is 1.32. The first-order valence-corrected chi connectivity index (χ1v) is 11.0. The van der Waals surface area contributed by atoms with Gasteiger partial charge in [-0.25, -0.2) is 13.8 Å². The molecule has 0 unspecified atom stereocenters. The molecule has 1 aromatic carbocycles. The highest BCUT2D eigenvalue weighted by atomic mass is 32.1. The summed E-state index contributed by atoms with van der Waals surface area (Å²) in [7, 11) is 1.73. The molecule has 1 aliphatic heterocycles. The molecular weight excluding hydrogens is 422 g/mol. The van der Waals surface area contributed by atoms with E-state index in [0.717, 1.165) is 54.9 Å². The fraction of sp³-hybridized carbons (Fsp3) is 0.381. The van der Waals surface area contributed by atoms with Crippen LogP contribution >= 0.6 is 11.3 Å². The number of hydrogen-bond acceptors (Lipinski definition) is 7. The van der Waals surface area contributed by atoms with E-state index in [2.05, 4.69) is 25.3 Å². The number of halogens is 2. The van der Waals surface area contributed by atoms with Gasteiger partial charge in [0.1, 0.15) is 11.6 Å². The Bertz CT molecular complexity index is 1180. The zero-order chi connectivity index (χ0) is 21.5. The number of thiazole rings is 1. The minimum atomic E-state index is -0.712. The molecule has 3 heterocycles. The number of hydrogen-bond donors (Lipinski definition) is 0. The van der Waals surface area contributed by atoms with Crippen molar-refractivity contribution in [2.24, 2.45) is 7.05 Å². The third-order valence-electron chi connectivity index (χ3n) is 5.74. The first-order chi connectivity index (χ1) is 15.0. The van der Waals surface area contributed by atoms with Gasteiger partial charge >= 0.3 is 0 Å². The number of aromatic nitrogens is 5. The van der Waals surface area contributed by atoms with Crippen molar-refractivity contribution in [2.45, 2.75) is 32.1 Å². The largest absolute Gasteiger partial charge is 0.334 e. The Morgan fingerprint density at radius 2 is 2.00 bits per heavy atom. The van der Waals surface area contributed by atoms with Crippen LogP contribution in [-0.4, -0.2) is 44.1 Å². The van der Waals surface area contributed by atoms with Gasteiger partial charge in [0, 0.05) is 25.1 Å². The molecular formula is C21H20F2N6OS. The van der Waals surface area contributed by atoms with Crippen LogP contribution in [0.25, 0.3) is 5.57 Å². The number of aryl methyl sites for hydroxylation is 2. The fourth-order valence-corrected chi connectivity index (χ4v) is 5.30. The second-order valence-electron chi connectivity index (χ2n) is 7.78. The molecule has 160 valence electrons. The highest BCUT2D eigenvalue weighted by molar-refractivity contribution is 7.14. The van der Waals surface area contributed by atoms with E-state index in [0.29, 0.717) is 17.5 Å². The van der Waals surface area contributed by atoms with Crippen LogP contribution < -0.4 is 4.90 Å². The molecule has 0 saturated carbocycles. The number of Topliss-reactive ketones (excluding diaryl/α,β-unsaturated/α-hetero) is 1. The van der Waals surface area contributed by atoms with Crippen molar-refractivity contribution in [1.82, 2.24) is 25.2 Å². The van der Waals surface area contributed by atoms with Crippen LogP contribution in [0.5, 0.6) is 0 Å². The molecule has 0 fully saturated rings. The number of rotatable bonds is 4. The first-order valence-electron chi connectivity index (χ1n) is 10.2. The van der Waals surface area contributed by atoms with E-state index in [4.69, 9.17) is 0 Å². The molecule has 0 amide bonds. The van der Waals surface area contributed by atoms with E-state index in [1.807, 2.05) is 0 Å². The van der Waals surface area contributed by atoms with Gasteiger partial charge in [0.15, 0.2) is 10.8 Å². The lowest BCUT2D eigenvalue weighted by Gasteiger charge is -2.29. The third kappa shape index (κ3) is 3.76. The summed E-state index contributed by atoms with van der Waals surface area (Å²) in [5.41, 5.74) is 3.22. The van der Waals surface area contributed by atoms with Crippen LogP contribution in [0.2, 0.25) is 0 Å². The van der Waals surface area contributed by atoms with Gasteiger partial charge in [0.25, 0.3) is 5.95 Å². The molecule has 0 N–H and O–H groups in total. The summed E-state index contributed by atoms with van der Waals surface area (Å²) in [6, 6.07) is 3.62. The van der Waals surface area contributed by atoms with Crippen LogP contribution in [0.4, 0.5) is 14.7 Å². The van der Waals surface area contributed by atoms with Gasteiger partial charge in [0.05, 0.1) is 17.6 Å². The van der Waals surface area contributed by atoms with Crippen LogP contribution in [-0.2, 0) is 19.9 Å². The van der Waals surface area contributed by atoms with E-state index in [1.54, 1.807) is 7.05 Å². The topological polar surface area (TPSA) is 76.8 Å². The van der Waals surface area contributed by atoms with Crippen molar-refractivity contribution in [3.8, 4) is 0 Å². The average Bonchev–Trinajstić information content (AvgIpc) is 3.34. The van der Waals surface area contributed by atoms with Gasteiger partial charge in [-0.05, 0) is 48.6 Å². The van der Waals surface area contributed by atoms with Crippen LogP contribution in [0.15, 0.2) is 23.8 Å². The lowest BCUT2D eigenvalue weighted by molar-refractivity contribution is 0.0990. The van der Waals surface area contributed by atoms with Crippen molar-refractivity contribution in [3.63, 3.8) is 0 Å². The zero-order valence-electron chi connectivity index (χ0n) is 16.9. The number of benzene rings is 1. The summed E-state index contributed by atoms with van der Waals surface area (Å²) in [5, 5.41) is 12.7. The molecule has 0 atom stereocenters. The summed E-state index contributed by atoms with van der Waals surface area (Å²) in [6.45, 7) is 1.45. The number of anilines is 1. The van der Waals surface area contributed by atoms with Crippen LogP contribution in [0.3, 0.4) is 0 Å². The maximum absolute atomic E-state index is 14.0. The Balaban J connectivity index is 1.44. The van der Waals surface area contributed by atoms with Gasteiger partial charge < -0.3 is 4.90 Å². The standard InChI is InChI=1S/C21H20F2N6OS/c1-28-26-21(25-27-28)29-9-8-12-4-2-7-17-19(14(12)11-29)31-20(24-17)18(30)10-13-15(22)5-3-6-16(13)23/h3,5-6H,2,4,7-11H2,1H3. The highest BCUT2D eigenvalue weighted by Crippen LogP contribution is 2.39. The molecule has 3 aromatic rings. The second-order valence-corrected chi connectivity index (χ2v) is 8.78. The van der Waals surface area contributed by atoms with E-state index in [-0.39, 0.29) is 17.8 Å². The van der Waals surface area contributed by atoms with Crippen molar-refractivity contribution >= 4 is 28.6 Å². The number of tetrazole rings is 1. The molecule has 2 aromatic heterocycles. The molecule has 10 heteroatoms. The Labute approximate surface area is 181 Å². The normalized spacial score (nSPS) is 16.2. The summed E-state index contributed by atoms with van der Waals surface area (Å²) in [6.07, 6.45) is 3.31. The minimum Gasteiger partial charge on any atom is -0.334 e. The molecule has 1 aliphatic carbocycles. The molecule has 31 heavy (non-hydrogen) atoms. The van der Waals surface area contributed by atoms with Gasteiger partial charge in [-0.15, -0.1) is 16.4 Å². The van der Waals surface area contributed by atoms with E-state index in [1.165, 1.54) is 33.3 Å². The number of carbonyl (C=O) groups excluding carboxylic acids is 1. The van der Waals surface area contributed by atoms with Gasteiger partial charge in [-0.3, -0.25) is 4.79 Å². The Morgan fingerprint density at radius 1 is 1.19 bits per heavy atom. The van der Waals surface area contributed by atoms with Crippen molar-refractivity contribution < 1.29 is 13.6 Å². The second kappa shape index (κ2) is 7.92. The monoisotopic (exact) mass is 442 g/mol. The number of carbonyl (C=O) groups is 1. The first kappa shape index (κ1) is 19.9. The molecule has 7 nitrogen and oxygen atoms in total. The molecule has 0 radical (unpaired) electrons. The SMILES string of the molecule is Cn1nnc(N2CCC3=C(C2)c2sc(C(=O)Cc4c(F)cccc4F)nc2CCC3)n1. The summed E-state index contributed by atoms with van der Waals surface area (Å²) in [4.78, 5) is 21.9. The number of nitrogens with zero attached hydrogens (tertiary/aromatic N) is 6. The molecule has 0 bridgehead atoms. The highest BCUT2D eigenvalue weighted by Gasteiger charge is 2.29. The Hall–Kier alpha value is -3.01. The van der Waals surface area contributed by atoms with Crippen molar-refractivity contribution in [1.29, 1.82) is 0 Å². The molecule has 0 spiro atoms. The van der Waals surface area contributed by atoms with E-state index < -0.39 is 11.6 Å². The molecule has 0 saturated heterocycles. The van der Waals surface area contributed by atoms with Crippen LogP contribution in [0.1, 0.15) is 45.2 Å². The average molecular weight is 442 g/mol. The predicted octanol–water partition coefficient (Wildman–Crippen LogP) is 3.37. The van der Waals surface area contributed by atoms with Gasteiger partial charge in [-0.1, -0.05) is 16.7 Å². The quantitative estimate of drug-likeness (QED) is 0.577. The smallest absolute Gasteiger partial charge is 0.266 e. The lowest BCUT2D eigenvalue weighted by atomic mass is 9.97. The van der Waals surface area contributed by atoms with Gasteiger partial charge in [-0.2, -0.15) is 4.80 Å². The Morgan fingerprint density at radius 3 is 2.74 bits per heavy atom. The van der Waals surface area contributed by atoms with E-state index in [9.17, 15) is 13.6 Å². The number of fused-ring (bicyclic) bond motifs is 2. The summed E-state index contributed by atoms with van der Waals surface area (Å²) in [5.74, 6) is -1.21. The maximum Gasteiger partial charge on any atom is 0.266 e.